The molecule has 0 heterocycles. The Labute approximate surface area is 78.8 Å². The van der Waals surface area contributed by atoms with Crippen molar-refractivity contribution in [3.05, 3.63) is 0 Å². The number of carbonyl (C=O) groups is 1. The molecule has 0 radical (unpaired) electrons. The molecule has 0 aliphatic carbocycles. The summed E-state index contributed by atoms with van der Waals surface area (Å²) in [5, 5.41) is 1.14. The Balaban J connectivity index is 4.15. The fraction of sp³-hybridized carbons (Fsp3) is 0.857. The number of hydrogen-bond acceptors (Lipinski definition) is 4. The van der Waals surface area contributed by atoms with Crippen molar-refractivity contribution >= 4 is 13.1 Å². The molecular weight excluding hydrogens is 171 g/mol. The Bertz CT molecular complexity index is 189. The first-order chi connectivity index (χ1) is 6.04. The molecule has 0 saturated heterocycles. The molecule has 5 nitrogen and oxygen atoms in total. The van der Waals surface area contributed by atoms with Gasteiger partial charge >= 0.3 is 78.0 Å². The van der Waals surface area contributed by atoms with Crippen LogP contribution in [0.3, 0.4) is 0 Å². The van der Waals surface area contributed by atoms with Gasteiger partial charge in [-0.2, -0.15) is 0 Å². The minimum atomic E-state index is -0.352. The van der Waals surface area contributed by atoms with Crippen molar-refractivity contribution in [3.63, 3.8) is 0 Å². The third-order valence-corrected chi connectivity index (χ3v) is 1.97. The second kappa shape index (κ2) is 5.82. The first kappa shape index (κ1) is 12.3. The van der Waals surface area contributed by atoms with Crippen molar-refractivity contribution in [1.29, 1.82) is 0 Å². The Morgan fingerprint density at radius 1 is 1.54 bits per heavy atom. The van der Waals surface area contributed by atoms with Crippen LogP contribution in [-0.4, -0.2) is 56.7 Å². The summed E-state index contributed by atoms with van der Waals surface area (Å²) in [7, 11) is 5.43. The Kier molecular flexibility index (Phi) is 5.49. The number of nitrogens with zero attached hydrogens (tertiary/aromatic N) is 2. The van der Waals surface area contributed by atoms with Crippen LogP contribution in [0.1, 0.15) is 6.92 Å². The molecule has 0 bridgehead atoms. The van der Waals surface area contributed by atoms with Gasteiger partial charge in [0.25, 0.3) is 0 Å². The molecule has 0 aliphatic rings. The summed E-state index contributed by atoms with van der Waals surface area (Å²) in [5.74, 6) is -0.174. The van der Waals surface area contributed by atoms with Crippen molar-refractivity contribution in [1.82, 2.24) is 9.96 Å². The topological polar surface area (TPSA) is 49.9 Å². The quantitative estimate of drug-likeness (QED) is 0.422. The number of amides is 1. The molecule has 0 rings (SSSR count). The summed E-state index contributed by atoms with van der Waals surface area (Å²) >= 11 is 0. The molecule has 0 saturated carbocycles. The van der Waals surface area contributed by atoms with E-state index in [2.05, 4.69) is 0 Å². The normalized spacial score (nSPS) is 12.4. The van der Waals surface area contributed by atoms with Crippen LogP contribution in [0.2, 0.25) is 0 Å². The van der Waals surface area contributed by atoms with Crippen molar-refractivity contribution in [3.8, 4) is 0 Å². The van der Waals surface area contributed by atoms with Crippen molar-refractivity contribution < 1.29 is 14.3 Å². The summed E-state index contributed by atoms with van der Waals surface area (Å²) in [6.07, 6.45) is 0.241. The number of carbonyl (C=O) groups excluding carboxylic acids is 1. The van der Waals surface area contributed by atoms with E-state index in [9.17, 15) is 9.50 Å². The van der Waals surface area contributed by atoms with Crippen LogP contribution in [0.25, 0.3) is 0 Å². The standard InChI is InChI=1S/C7H15BN2O3/c1-6(9(2)5-8-12)7(11)10(3)13-4/h6H,5H2,1-4H3. The van der Waals surface area contributed by atoms with Crippen LogP contribution in [0.5, 0.6) is 0 Å². The van der Waals surface area contributed by atoms with Gasteiger partial charge in [-0.15, -0.1) is 0 Å². The van der Waals surface area contributed by atoms with Crippen LogP contribution >= 0.6 is 0 Å². The average Bonchev–Trinajstić information content (AvgIpc) is 2.14. The maximum absolute atomic E-state index is 11.4. The zero-order chi connectivity index (χ0) is 10.4. The zero-order valence-electron chi connectivity index (χ0n) is 8.48. The van der Waals surface area contributed by atoms with Gasteiger partial charge in [0.05, 0.1) is 0 Å². The molecule has 0 aromatic heterocycles. The second-order valence-corrected chi connectivity index (χ2v) is 2.80. The van der Waals surface area contributed by atoms with Crippen molar-refractivity contribution in [2.45, 2.75) is 13.0 Å². The SMILES string of the molecule is CON(C)C(=O)C(C)N(C)CB=O. The number of rotatable bonds is 5. The van der Waals surface area contributed by atoms with Gasteiger partial charge in [0.15, 0.2) is 0 Å². The summed E-state index contributed by atoms with van der Waals surface area (Å²) in [6, 6.07) is -0.352. The van der Waals surface area contributed by atoms with Crippen molar-refractivity contribution in [2.75, 3.05) is 27.6 Å². The fourth-order valence-corrected chi connectivity index (χ4v) is 0.817. The van der Waals surface area contributed by atoms with Crippen LogP contribution in [-0.2, 0) is 14.3 Å². The molecule has 0 aromatic carbocycles. The molecule has 74 valence electrons. The first-order valence-corrected chi connectivity index (χ1v) is 4.00. The Morgan fingerprint density at radius 2 is 2.08 bits per heavy atom. The monoisotopic (exact) mass is 186 g/mol. The summed E-state index contributed by atoms with van der Waals surface area (Å²) in [4.78, 5) is 17.8. The average molecular weight is 186 g/mol. The van der Waals surface area contributed by atoms with E-state index in [1.54, 1.807) is 18.9 Å². The fourth-order valence-electron chi connectivity index (χ4n) is 0.817. The molecule has 13 heavy (non-hydrogen) atoms. The molecule has 1 amide bonds. The number of likely N-dealkylation sites (N-methyl/N-ethyl adjacent to an activating group) is 2. The molecule has 0 N–H and O–H groups in total. The molecule has 1 unspecified atom stereocenters. The van der Waals surface area contributed by atoms with Crippen LogP contribution in [0, 0.1) is 0 Å². The third-order valence-electron chi connectivity index (χ3n) is 1.97. The zero-order valence-corrected chi connectivity index (χ0v) is 8.48. The van der Waals surface area contributed by atoms with Crippen LogP contribution < -0.4 is 0 Å². The summed E-state index contributed by atoms with van der Waals surface area (Å²) < 4.78 is 10.2. The van der Waals surface area contributed by atoms with Gasteiger partial charge in [-0.25, -0.2) is 0 Å². The van der Waals surface area contributed by atoms with Crippen molar-refractivity contribution in [2.24, 2.45) is 0 Å². The molecule has 1 atom stereocenters. The van der Waals surface area contributed by atoms with Gasteiger partial charge in [-0.3, -0.25) is 0 Å². The van der Waals surface area contributed by atoms with Gasteiger partial charge < -0.3 is 0 Å². The molecular formula is C7H15BN2O3. The van der Waals surface area contributed by atoms with Crippen LogP contribution in [0.15, 0.2) is 0 Å². The molecule has 0 aliphatic heterocycles. The van der Waals surface area contributed by atoms with E-state index in [1.165, 1.54) is 14.2 Å². The second-order valence-electron chi connectivity index (χ2n) is 2.80. The predicted molar refractivity (Wildman–Crippen MR) is 48.3 cm³/mol. The van der Waals surface area contributed by atoms with Gasteiger partial charge in [0.2, 0.25) is 0 Å². The number of hydrogen-bond donors (Lipinski definition) is 0. The maximum atomic E-state index is 11.4. The minimum absolute atomic E-state index is 0.174. The third kappa shape index (κ3) is 3.65. The molecule has 6 heteroatoms. The Morgan fingerprint density at radius 3 is 2.46 bits per heavy atom. The van der Waals surface area contributed by atoms with Gasteiger partial charge in [-0.05, 0) is 0 Å². The van der Waals surface area contributed by atoms with Gasteiger partial charge in [-0.1, -0.05) is 0 Å². The van der Waals surface area contributed by atoms with E-state index >= 15 is 0 Å². The van der Waals surface area contributed by atoms with E-state index in [4.69, 9.17) is 4.84 Å². The van der Waals surface area contributed by atoms with E-state index in [0.29, 0.717) is 0 Å². The van der Waals surface area contributed by atoms with E-state index < -0.39 is 0 Å². The van der Waals surface area contributed by atoms with E-state index in [1.807, 2.05) is 0 Å². The molecule has 0 aromatic rings. The summed E-state index contributed by atoms with van der Waals surface area (Å²) in [5.41, 5.74) is 0. The Hall–Kier alpha value is -0.745. The van der Waals surface area contributed by atoms with Gasteiger partial charge in [0, 0.05) is 0 Å². The van der Waals surface area contributed by atoms with Crippen LogP contribution in [0.4, 0.5) is 0 Å². The molecule has 0 spiro atoms. The molecule has 0 fully saturated rings. The first-order valence-electron chi connectivity index (χ1n) is 4.00. The number of hydroxylamine groups is 2. The predicted octanol–water partition coefficient (Wildman–Crippen LogP) is -0.666. The van der Waals surface area contributed by atoms with E-state index in [0.717, 1.165) is 12.2 Å². The van der Waals surface area contributed by atoms with Gasteiger partial charge in [0.1, 0.15) is 0 Å². The summed E-state index contributed by atoms with van der Waals surface area (Å²) in [6.45, 7) is 1.72. The van der Waals surface area contributed by atoms with E-state index in [-0.39, 0.29) is 18.4 Å².